The summed E-state index contributed by atoms with van der Waals surface area (Å²) in [5, 5.41) is 2.18. The van der Waals surface area contributed by atoms with Gasteiger partial charge < -0.3 is 16.0 Å². The normalized spacial score (nSPS) is 27.9. The summed E-state index contributed by atoms with van der Waals surface area (Å²) in [6, 6.07) is 1.72. The molecule has 2 aliphatic carbocycles. The number of piperazine rings is 1. The number of benzene rings is 1. The van der Waals surface area contributed by atoms with Crippen molar-refractivity contribution in [1.29, 1.82) is 0 Å². The molecule has 1 aromatic carbocycles. The van der Waals surface area contributed by atoms with Gasteiger partial charge in [-0.25, -0.2) is 13.6 Å². The van der Waals surface area contributed by atoms with Gasteiger partial charge in [0.2, 0.25) is 5.91 Å². The van der Waals surface area contributed by atoms with Gasteiger partial charge >= 0.3 is 6.03 Å². The Morgan fingerprint density at radius 1 is 1.37 bits per heavy atom. The molecule has 146 valence electrons. The van der Waals surface area contributed by atoms with Crippen LogP contribution in [-0.4, -0.2) is 35.5 Å². The summed E-state index contributed by atoms with van der Waals surface area (Å²) in [7, 11) is 0. The first-order chi connectivity index (χ1) is 12.7. The molecule has 1 unspecified atom stereocenters. The molecular weight excluding hydrogens is 376 g/mol. The lowest BCUT2D eigenvalue weighted by molar-refractivity contribution is -0.137. The van der Waals surface area contributed by atoms with Gasteiger partial charge in [0.25, 0.3) is 0 Å². The molecule has 5 nitrogen and oxygen atoms in total. The highest BCUT2D eigenvalue weighted by molar-refractivity contribution is 6.31. The van der Waals surface area contributed by atoms with Crippen molar-refractivity contribution in [1.82, 2.24) is 10.2 Å². The van der Waals surface area contributed by atoms with E-state index >= 15 is 0 Å². The fourth-order valence-electron chi connectivity index (χ4n) is 5.13. The van der Waals surface area contributed by atoms with Crippen LogP contribution in [0, 0.1) is 23.0 Å². The lowest BCUT2D eigenvalue weighted by Gasteiger charge is -2.53. The maximum Gasteiger partial charge on any atom is 0.315 e. The minimum absolute atomic E-state index is 0.0146. The molecule has 0 aromatic heterocycles. The zero-order valence-corrected chi connectivity index (χ0v) is 15.8. The summed E-state index contributed by atoms with van der Waals surface area (Å²) >= 11 is 5.83. The van der Waals surface area contributed by atoms with Crippen LogP contribution in [0.3, 0.4) is 0 Å². The molecule has 1 aromatic rings. The van der Waals surface area contributed by atoms with Gasteiger partial charge in [-0.05, 0) is 55.6 Å². The molecule has 8 heteroatoms. The fourth-order valence-corrected chi connectivity index (χ4v) is 5.31. The summed E-state index contributed by atoms with van der Waals surface area (Å²) in [5.41, 5.74) is 4.65. The number of nitrogens with zero attached hydrogens (tertiary/aromatic N) is 1. The second kappa shape index (κ2) is 6.06. The quantitative estimate of drug-likeness (QED) is 0.769. The standard InChI is InChI=1S/C19H22ClF2N3O2/c1-18(16(26)24-6-7-25(18)17(23)27)13(10-8-19(9-10)4-5-19)11-2-3-12(21)14(20)15(11)22/h2-3,10,13H,4-9H2,1H3,(H2,23,27)(H,24,26)/t13-,18?/m1/s1. The molecule has 3 amide bonds. The first kappa shape index (κ1) is 18.5. The summed E-state index contributed by atoms with van der Waals surface area (Å²) in [5.74, 6) is -2.78. The van der Waals surface area contributed by atoms with Crippen molar-refractivity contribution >= 4 is 23.5 Å². The van der Waals surface area contributed by atoms with Crippen LogP contribution in [0.25, 0.3) is 0 Å². The van der Waals surface area contributed by atoms with Crippen LogP contribution in [0.5, 0.6) is 0 Å². The smallest absolute Gasteiger partial charge is 0.315 e. The molecule has 3 fully saturated rings. The number of nitrogens with one attached hydrogen (secondary N) is 1. The lowest BCUT2D eigenvalue weighted by Crippen LogP contribution is -2.69. The van der Waals surface area contributed by atoms with E-state index in [0.29, 0.717) is 5.41 Å². The van der Waals surface area contributed by atoms with E-state index in [-0.39, 0.29) is 30.5 Å². The van der Waals surface area contributed by atoms with Crippen molar-refractivity contribution in [3.63, 3.8) is 0 Å². The van der Waals surface area contributed by atoms with E-state index < -0.39 is 34.1 Å². The number of rotatable bonds is 3. The minimum atomic E-state index is -1.37. The summed E-state index contributed by atoms with van der Waals surface area (Å²) in [4.78, 5) is 26.4. The number of carbonyl (C=O) groups excluding carboxylic acids is 2. The van der Waals surface area contributed by atoms with Crippen LogP contribution in [0.15, 0.2) is 12.1 Å². The van der Waals surface area contributed by atoms with Crippen LogP contribution >= 0.6 is 11.6 Å². The highest BCUT2D eigenvalue weighted by Gasteiger charge is 2.61. The zero-order chi connectivity index (χ0) is 19.6. The van der Waals surface area contributed by atoms with Crippen LogP contribution in [-0.2, 0) is 4.79 Å². The Bertz CT molecular complexity index is 821. The van der Waals surface area contributed by atoms with E-state index in [1.807, 2.05) is 0 Å². The molecule has 1 spiro atoms. The Balaban J connectivity index is 1.83. The predicted molar refractivity (Wildman–Crippen MR) is 96.2 cm³/mol. The molecule has 4 rings (SSSR count). The Kier molecular flexibility index (Phi) is 4.14. The van der Waals surface area contributed by atoms with Crippen molar-refractivity contribution in [3.05, 3.63) is 34.4 Å². The van der Waals surface area contributed by atoms with Gasteiger partial charge in [0.1, 0.15) is 22.2 Å². The number of urea groups is 1. The molecule has 3 N–H and O–H groups in total. The topological polar surface area (TPSA) is 75.4 Å². The fraction of sp³-hybridized carbons (Fsp3) is 0.579. The molecule has 2 atom stereocenters. The summed E-state index contributed by atoms with van der Waals surface area (Å²) in [6.45, 7) is 2.14. The second-order valence-electron chi connectivity index (χ2n) is 8.30. The van der Waals surface area contributed by atoms with Gasteiger partial charge in [0, 0.05) is 19.0 Å². The molecule has 0 radical (unpaired) electrons. The maximum absolute atomic E-state index is 15.0. The van der Waals surface area contributed by atoms with E-state index in [2.05, 4.69) is 5.32 Å². The molecule has 0 bridgehead atoms. The van der Waals surface area contributed by atoms with Gasteiger partial charge in [0.15, 0.2) is 0 Å². The van der Waals surface area contributed by atoms with Crippen LogP contribution in [0.4, 0.5) is 13.6 Å². The Labute approximate surface area is 161 Å². The Hall–Kier alpha value is -1.89. The number of hydrogen-bond acceptors (Lipinski definition) is 2. The van der Waals surface area contributed by atoms with Gasteiger partial charge in [-0.2, -0.15) is 0 Å². The first-order valence-electron chi connectivity index (χ1n) is 9.18. The van der Waals surface area contributed by atoms with E-state index in [1.165, 1.54) is 11.0 Å². The number of amides is 3. The molecule has 2 saturated carbocycles. The highest BCUT2D eigenvalue weighted by Crippen LogP contribution is 2.67. The molecular formula is C19H22ClF2N3O2. The lowest BCUT2D eigenvalue weighted by atomic mass is 9.58. The molecule has 1 heterocycles. The Morgan fingerprint density at radius 2 is 2.04 bits per heavy atom. The maximum atomic E-state index is 15.0. The highest BCUT2D eigenvalue weighted by atomic mass is 35.5. The number of primary amides is 1. The van der Waals surface area contributed by atoms with Crippen LogP contribution in [0.2, 0.25) is 5.02 Å². The van der Waals surface area contributed by atoms with E-state index in [9.17, 15) is 18.4 Å². The molecule has 1 saturated heterocycles. The van der Waals surface area contributed by atoms with Crippen molar-refractivity contribution in [2.45, 2.75) is 44.1 Å². The zero-order valence-electron chi connectivity index (χ0n) is 15.0. The van der Waals surface area contributed by atoms with E-state index in [1.54, 1.807) is 6.92 Å². The van der Waals surface area contributed by atoms with Crippen molar-refractivity contribution in [3.8, 4) is 0 Å². The summed E-state index contributed by atoms with van der Waals surface area (Å²) in [6.07, 6.45) is 3.96. The van der Waals surface area contributed by atoms with Gasteiger partial charge in [-0.1, -0.05) is 17.7 Å². The van der Waals surface area contributed by atoms with Gasteiger partial charge in [-0.15, -0.1) is 0 Å². The minimum Gasteiger partial charge on any atom is -0.352 e. The van der Waals surface area contributed by atoms with E-state index in [4.69, 9.17) is 17.3 Å². The molecule has 1 aliphatic heterocycles. The number of hydrogen-bond donors (Lipinski definition) is 2. The van der Waals surface area contributed by atoms with Crippen molar-refractivity contribution in [2.75, 3.05) is 13.1 Å². The SMILES string of the molecule is CC1([C@@H](c2ccc(F)c(Cl)c2F)C2CC3(CC3)C2)C(=O)NCCN1C(N)=O. The first-order valence-corrected chi connectivity index (χ1v) is 9.56. The van der Waals surface area contributed by atoms with Gasteiger partial charge in [-0.3, -0.25) is 4.79 Å². The van der Waals surface area contributed by atoms with Crippen LogP contribution < -0.4 is 11.1 Å². The predicted octanol–water partition coefficient (Wildman–Crippen LogP) is 3.16. The third-order valence-electron chi connectivity index (χ3n) is 6.73. The van der Waals surface area contributed by atoms with Crippen LogP contribution in [0.1, 0.15) is 44.1 Å². The Morgan fingerprint density at radius 3 is 2.63 bits per heavy atom. The largest absolute Gasteiger partial charge is 0.352 e. The van der Waals surface area contributed by atoms with E-state index in [0.717, 1.165) is 31.7 Å². The average Bonchev–Trinajstić information content (AvgIpc) is 3.38. The number of nitrogens with two attached hydrogens (primary N) is 1. The average molecular weight is 398 g/mol. The van der Waals surface area contributed by atoms with Crippen molar-refractivity contribution < 1.29 is 18.4 Å². The second-order valence-corrected chi connectivity index (χ2v) is 8.68. The monoisotopic (exact) mass is 397 g/mol. The number of carbonyl (C=O) groups is 2. The summed E-state index contributed by atoms with van der Waals surface area (Å²) < 4.78 is 28.7. The third-order valence-corrected chi connectivity index (χ3v) is 7.08. The van der Waals surface area contributed by atoms with Crippen molar-refractivity contribution in [2.24, 2.45) is 17.1 Å². The number of halogens is 3. The molecule has 27 heavy (non-hydrogen) atoms. The molecule has 3 aliphatic rings. The van der Waals surface area contributed by atoms with Gasteiger partial charge in [0.05, 0.1) is 0 Å². The third kappa shape index (κ3) is 2.70.